The molecule has 0 atom stereocenters. The predicted octanol–water partition coefficient (Wildman–Crippen LogP) is 6.99. The first-order valence-corrected chi connectivity index (χ1v) is 11.3. The second kappa shape index (κ2) is 11.6. The predicted molar refractivity (Wildman–Crippen MR) is 118 cm³/mol. The van der Waals surface area contributed by atoms with Crippen LogP contribution in [0.2, 0.25) is 0 Å². The standard InChI is InChI=1S/C26H34O3/c1-2-3-7-20-28-24-18-14-23(15-19-24)26(27)29-25-16-12-22(13-17-25)11-10-21-8-5-4-6-9-21/h12-19,21H,2-11,20H2,1H3. The third kappa shape index (κ3) is 7.23. The van der Waals surface area contributed by atoms with Crippen LogP contribution < -0.4 is 9.47 Å². The molecule has 2 aromatic rings. The van der Waals surface area contributed by atoms with Gasteiger partial charge in [-0.15, -0.1) is 0 Å². The molecule has 3 heteroatoms. The molecular weight excluding hydrogens is 360 g/mol. The number of carbonyl (C=O) groups excluding carboxylic acids is 1. The van der Waals surface area contributed by atoms with E-state index in [1.54, 1.807) is 12.1 Å². The Morgan fingerprint density at radius 1 is 0.897 bits per heavy atom. The van der Waals surface area contributed by atoms with Crippen LogP contribution in [0.15, 0.2) is 48.5 Å². The van der Waals surface area contributed by atoms with E-state index >= 15 is 0 Å². The maximum Gasteiger partial charge on any atom is 0.343 e. The molecule has 0 saturated heterocycles. The zero-order valence-corrected chi connectivity index (χ0v) is 17.7. The van der Waals surface area contributed by atoms with Crippen molar-refractivity contribution in [1.82, 2.24) is 0 Å². The molecule has 1 saturated carbocycles. The zero-order chi connectivity index (χ0) is 20.3. The van der Waals surface area contributed by atoms with E-state index in [1.807, 2.05) is 24.3 Å². The SMILES string of the molecule is CCCCCOc1ccc(C(=O)Oc2ccc(CCC3CCCCC3)cc2)cc1. The van der Waals surface area contributed by atoms with Gasteiger partial charge < -0.3 is 9.47 Å². The van der Waals surface area contributed by atoms with E-state index < -0.39 is 0 Å². The quantitative estimate of drug-likeness (QED) is 0.247. The maximum absolute atomic E-state index is 12.4. The highest BCUT2D eigenvalue weighted by molar-refractivity contribution is 5.91. The minimum absolute atomic E-state index is 0.336. The molecule has 0 spiro atoms. The lowest BCUT2D eigenvalue weighted by Crippen LogP contribution is -2.09. The molecule has 0 bridgehead atoms. The molecule has 0 radical (unpaired) electrons. The number of hydrogen-bond donors (Lipinski definition) is 0. The second-order valence-corrected chi connectivity index (χ2v) is 8.16. The fourth-order valence-electron chi connectivity index (χ4n) is 3.97. The Morgan fingerprint density at radius 2 is 1.59 bits per heavy atom. The van der Waals surface area contributed by atoms with E-state index in [0.29, 0.717) is 17.9 Å². The molecule has 1 aliphatic rings. The number of unbranched alkanes of at least 4 members (excludes halogenated alkanes) is 2. The molecular formula is C26H34O3. The van der Waals surface area contributed by atoms with Gasteiger partial charge in [-0.25, -0.2) is 4.79 Å². The van der Waals surface area contributed by atoms with E-state index in [4.69, 9.17) is 9.47 Å². The Morgan fingerprint density at radius 3 is 2.28 bits per heavy atom. The number of hydrogen-bond acceptors (Lipinski definition) is 3. The summed E-state index contributed by atoms with van der Waals surface area (Å²) in [5, 5.41) is 0. The van der Waals surface area contributed by atoms with Crippen molar-refractivity contribution in [3.63, 3.8) is 0 Å². The Kier molecular flexibility index (Phi) is 8.60. The smallest absolute Gasteiger partial charge is 0.343 e. The van der Waals surface area contributed by atoms with Crippen LogP contribution >= 0.6 is 0 Å². The molecule has 0 N–H and O–H groups in total. The number of benzene rings is 2. The molecule has 0 aromatic heterocycles. The third-order valence-corrected chi connectivity index (χ3v) is 5.81. The van der Waals surface area contributed by atoms with E-state index in [0.717, 1.165) is 24.5 Å². The molecule has 0 heterocycles. The number of ether oxygens (including phenoxy) is 2. The van der Waals surface area contributed by atoms with E-state index in [-0.39, 0.29) is 5.97 Å². The summed E-state index contributed by atoms with van der Waals surface area (Å²) >= 11 is 0. The zero-order valence-electron chi connectivity index (χ0n) is 17.7. The highest BCUT2D eigenvalue weighted by Gasteiger charge is 2.13. The topological polar surface area (TPSA) is 35.5 Å². The Hall–Kier alpha value is -2.29. The molecule has 156 valence electrons. The third-order valence-electron chi connectivity index (χ3n) is 5.81. The van der Waals surface area contributed by atoms with Crippen LogP contribution in [-0.2, 0) is 6.42 Å². The van der Waals surface area contributed by atoms with Crippen molar-refractivity contribution in [1.29, 1.82) is 0 Å². The van der Waals surface area contributed by atoms with Gasteiger partial charge in [0, 0.05) is 0 Å². The van der Waals surface area contributed by atoms with Crippen LogP contribution in [0.4, 0.5) is 0 Å². The summed E-state index contributed by atoms with van der Waals surface area (Å²) in [5.41, 5.74) is 1.85. The summed E-state index contributed by atoms with van der Waals surface area (Å²) in [4.78, 5) is 12.4. The van der Waals surface area contributed by atoms with Gasteiger partial charge in [-0.3, -0.25) is 0 Å². The van der Waals surface area contributed by atoms with E-state index in [1.165, 1.54) is 56.9 Å². The molecule has 29 heavy (non-hydrogen) atoms. The second-order valence-electron chi connectivity index (χ2n) is 8.16. The lowest BCUT2D eigenvalue weighted by molar-refractivity contribution is 0.0734. The van der Waals surface area contributed by atoms with Crippen molar-refractivity contribution < 1.29 is 14.3 Å². The summed E-state index contributed by atoms with van der Waals surface area (Å²) in [6.07, 6.45) is 12.7. The van der Waals surface area contributed by atoms with Gasteiger partial charge in [0.25, 0.3) is 0 Å². The van der Waals surface area contributed by atoms with Crippen molar-refractivity contribution in [2.24, 2.45) is 5.92 Å². The Bertz CT molecular complexity index is 728. The van der Waals surface area contributed by atoms with Crippen molar-refractivity contribution in [3.8, 4) is 11.5 Å². The molecule has 1 fully saturated rings. The summed E-state index contributed by atoms with van der Waals surface area (Å²) in [6, 6.07) is 15.1. The average Bonchev–Trinajstić information content (AvgIpc) is 2.77. The van der Waals surface area contributed by atoms with Crippen molar-refractivity contribution in [2.45, 2.75) is 71.1 Å². The minimum atomic E-state index is -0.336. The fourth-order valence-corrected chi connectivity index (χ4v) is 3.97. The summed E-state index contributed by atoms with van der Waals surface area (Å²) < 4.78 is 11.2. The average molecular weight is 395 g/mol. The summed E-state index contributed by atoms with van der Waals surface area (Å²) in [5.74, 6) is 1.94. The van der Waals surface area contributed by atoms with Crippen LogP contribution in [0.3, 0.4) is 0 Å². The van der Waals surface area contributed by atoms with Crippen molar-refractivity contribution in [3.05, 3.63) is 59.7 Å². The van der Waals surface area contributed by atoms with Gasteiger partial charge in [-0.2, -0.15) is 0 Å². The van der Waals surface area contributed by atoms with Crippen LogP contribution in [0.1, 0.15) is 80.6 Å². The number of rotatable bonds is 10. The molecule has 0 unspecified atom stereocenters. The first-order valence-electron chi connectivity index (χ1n) is 11.3. The molecule has 1 aliphatic carbocycles. The van der Waals surface area contributed by atoms with Gasteiger partial charge in [0.2, 0.25) is 0 Å². The Labute approximate surface area is 175 Å². The molecule has 3 nitrogen and oxygen atoms in total. The first-order chi connectivity index (χ1) is 14.2. The highest BCUT2D eigenvalue weighted by Crippen LogP contribution is 2.28. The summed E-state index contributed by atoms with van der Waals surface area (Å²) in [7, 11) is 0. The lowest BCUT2D eigenvalue weighted by Gasteiger charge is -2.21. The highest BCUT2D eigenvalue weighted by atomic mass is 16.5. The first kappa shape index (κ1) is 21.4. The molecule has 3 rings (SSSR count). The Balaban J connectivity index is 1.44. The van der Waals surface area contributed by atoms with Gasteiger partial charge in [0.15, 0.2) is 0 Å². The van der Waals surface area contributed by atoms with Gasteiger partial charge in [-0.1, -0.05) is 64.0 Å². The summed E-state index contributed by atoms with van der Waals surface area (Å²) in [6.45, 7) is 2.89. The molecule has 0 aliphatic heterocycles. The lowest BCUT2D eigenvalue weighted by atomic mass is 9.85. The van der Waals surface area contributed by atoms with Crippen LogP contribution in [0.5, 0.6) is 11.5 Å². The molecule has 0 amide bonds. The fraction of sp³-hybridized carbons (Fsp3) is 0.500. The van der Waals surface area contributed by atoms with Crippen LogP contribution in [0, 0.1) is 5.92 Å². The normalized spacial score (nSPS) is 14.5. The van der Waals surface area contributed by atoms with E-state index in [2.05, 4.69) is 19.1 Å². The van der Waals surface area contributed by atoms with Gasteiger partial charge in [-0.05, 0) is 67.1 Å². The van der Waals surface area contributed by atoms with Gasteiger partial charge in [0.05, 0.1) is 12.2 Å². The number of esters is 1. The largest absolute Gasteiger partial charge is 0.494 e. The maximum atomic E-state index is 12.4. The van der Waals surface area contributed by atoms with E-state index in [9.17, 15) is 4.79 Å². The molecule has 2 aromatic carbocycles. The van der Waals surface area contributed by atoms with Gasteiger partial charge in [0.1, 0.15) is 11.5 Å². The van der Waals surface area contributed by atoms with Crippen molar-refractivity contribution >= 4 is 5.97 Å². The van der Waals surface area contributed by atoms with Crippen molar-refractivity contribution in [2.75, 3.05) is 6.61 Å². The number of aryl methyl sites for hydroxylation is 1. The van der Waals surface area contributed by atoms with Crippen LogP contribution in [0.25, 0.3) is 0 Å². The van der Waals surface area contributed by atoms with Gasteiger partial charge >= 0.3 is 5.97 Å². The minimum Gasteiger partial charge on any atom is -0.494 e. The number of carbonyl (C=O) groups is 1. The monoisotopic (exact) mass is 394 g/mol. The van der Waals surface area contributed by atoms with Crippen LogP contribution in [-0.4, -0.2) is 12.6 Å².